The monoisotopic (exact) mass is 296 g/mol. The SMILES string of the molecule is O=C(O)C#Cc1ccc(C(F)C(F)(F)C(F)(F)F)cc1. The summed E-state index contributed by atoms with van der Waals surface area (Å²) in [6.45, 7) is 0. The van der Waals surface area contributed by atoms with Crippen LogP contribution >= 0.6 is 0 Å². The van der Waals surface area contributed by atoms with E-state index in [9.17, 15) is 31.1 Å². The van der Waals surface area contributed by atoms with Crippen molar-refractivity contribution in [2.24, 2.45) is 0 Å². The number of hydrogen-bond donors (Lipinski definition) is 1. The van der Waals surface area contributed by atoms with Crippen molar-refractivity contribution < 1.29 is 36.2 Å². The van der Waals surface area contributed by atoms with Crippen LogP contribution in [0.3, 0.4) is 0 Å². The Morgan fingerprint density at radius 2 is 1.60 bits per heavy atom. The zero-order valence-electron chi connectivity index (χ0n) is 9.51. The van der Waals surface area contributed by atoms with Gasteiger partial charge in [0.05, 0.1) is 0 Å². The first kappa shape index (κ1) is 15.9. The van der Waals surface area contributed by atoms with Crippen LogP contribution in [0.2, 0.25) is 0 Å². The third kappa shape index (κ3) is 3.44. The van der Waals surface area contributed by atoms with Gasteiger partial charge in [-0.2, -0.15) is 22.0 Å². The van der Waals surface area contributed by atoms with Gasteiger partial charge in [0, 0.05) is 11.5 Å². The number of carboxylic acids is 1. The second-order valence-corrected chi connectivity index (χ2v) is 3.66. The van der Waals surface area contributed by atoms with Gasteiger partial charge in [-0.05, 0) is 17.7 Å². The number of carbonyl (C=O) groups is 1. The van der Waals surface area contributed by atoms with Crippen LogP contribution in [-0.4, -0.2) is 23.2 Å². The Balaban J connectivity index is 3.00. The van der Waals surface area contributed by atoms with E-state index >= 15 is 0 Å². The van der Waals surface area contributed by atoms with Crippen molar-refractivity contribution >= 4 is 5.97 Å². The van der Waals surface area contributed by atoms with Crippen molar-refractivity contribution in [1.29, 1.82) is 0 Å². The van der Waals surface area contributed by atoms with Gasteiger partial charge in [0.15, 0.2) is 6.17 Å². The van der Waals surface area contributed by atoms with E-state index in [4.69, 9.17) is 5.11 Å². The molecule has 1 atom stereocenters. The van der Waals surface area contributed by atoms with Crippen molar-refractivity contribution in [3.63, 3.8) is 0 Å². The topological polar surface area (TPSA) is 37.3 Å². The van der Waals surface area contributed by atoms with Crippen molar-refractivity contribution in [1.82, 2.24) is 0 Å². The first-order valence-electron chi connectivity index (χ1n) is 4.99. The van der Waals surface area contributed by atoms with E-state index in [0.29, 0.717) is 12.1 Å². The molecule has 0 heterocycles. The summed E-state index contributed by atoms with van der Waals surface area (Å²) in [7, 11) is 0. The van der Waals surface area contributed by atoms with Crippen molar-refractivity contribution in [3.05, 3.63) is 35.4 Å². The lowest BCUT2D eigenvalue weighted by atomic mass is 10.0. The predicted octanol–water partition coefficient (Wildman–Crippen LogP) is 3.33. The molecule has 0 saturated heterocycles. The van der Waals surface area contributed by atoms with Gasteiger partial charge in [-0.25, -0.2) is 9.18 Å². The Labute approximate surface area is 109 Å². The summed E-state index contributed by atoms with van der Waals surface area (Å²) >= 11 is 0. The molecule has 108 valence electrons. The maximum atomic E-state index is 13.3. The second kappa shape index (κ2) is 5.45. The Kier molecular flexibility index (Phi) is 4.33. The molecule has 2 nitrogen and oxygen atoms in total. The summed E-state index contributed by atoms with van der Waals surface area (Å²) in [5.74, 6) is -3.15. The molecule has 0 amide bonds. The first-order chi connectivity index (χ1) is 9.05. The summed E-state index contributed by atoms with van der Waals surface area (Å²) in [5, 5.41) is 8.26. The molecular formula is C12H6F6O2. The predicted molar refractivity (Wildman–Crippen MR) is 55.8 cm³/mol. The van der Waals surface area contributed by atoms with Crippen LogP contribution in [0.1, 0.15) is 17.3 Å². The fraction of sp³-hybridized carbons (Fsp3) is 0.250. The smallest absolute Gasteiger partial charge is 0.456 e. The van der Waals surface area contributed by atoms with E-state index in [1.54, 1.807) is 5.92 Å². The Morgan fingerprint density at radius 3 is 2.00 bits per heavy atom. The molecule has 0 aliphatic rings. The fourth-order valence-corrected chi connectivity index (χ4v) is 1.21. The number of hydrogen-bond acceptors (Lipinski definition) is 1. The average Bonchev–Trinajstić information content (AvgIpc) is 2.34. The minimum Gasteiger partial charge on any atom is -0.472 e. The van der Waals surface area contributed by atoms with Crippen LogP contribution in [-0.2, 0) is 4.79 Å². The lowest BCUT2D eigenvalue weighted by molar-refractivity contribution is -0.305. The maximum Gasteiger partial charge on any atom is 0.456 e. The van der Waals surface area contributed by atoms with Gasteiger partial charge in [0.2, 0.25) is 0 Å². The average molecular weight is 296 g/mol. The standard InChI is InChI=1S/C12H6F6O2/c13-10(11(14,15)12(16,17)18)8-4-1-7(2-5-8)3-6-9(19)20/h1-2,4-5,10H,(H,19,20). The fourth-order valence-electron chi connectivity index (χ4n) is 1.21. The van der Waals surface area contributed by atoms with Gasteiger partial charge in [0.25, 0.3) is 0 Å². The summed E-state index contributed by atoms with van der Waals surface area (Å²) in [5.41, 5.74) is -0.841. The molecule has 0 bridgehead atoms. The molecule has 0 aliphatic carbocycles. The van der Waals surface area contributed by atoms with E-state index in [2.05, 4.69) is 5.92 Å². The highest BCUT2D eigenvalue weighted by Crippen LogP contribution is 2.46. The molecule has 0 spiro atoms. The lowest BCUT2D eigenvalue weighted by Gasteiger charge is -2.23. The number of halogens is 6. The molecule has 0 aliphatic heterocycles. The van der Waals surface area contributed by atoms with Gasteiger partial charge in [-0.3, -0.25) is 0 Å². The summed E-state index contributed by atoms with van der Waals surface area (Å²) in [4.78, 5) is 10.1. The maximum absolute atomic E-state index is 13.3. The van der Waals surface area contributed by atoms with E-state index in [1.807, 2.05) is 0 Å². The molecule has 0 aromatic heterocycles. The Hall–Kier alpha value is -2.17. The van der Waals surface area contributed by atoms with E-state index in [1.165, 1.54) is 0 Å². The van der Waals surface area contributed by atoms with Gasteiger partial charge in [-0.1, -0.05) is 18.1 Å². The molecule has 0 fully saturated rings. The highest BCUT2D eigenvalue weighted by atomic mass is 19.4. The highest BCUT2D eigenvalue weighted by Gasteiger charge is 2.63. The third-order valence-corrected chi connectivity index (χ3v) is 2.21. The van der Waals surface area contributed by atoms with Crippen LogP contribution in [0.5, 0.6) is 0 Å². The minimum absolute atomic E-state index is 0.0404. The van der Waals surface area contributed by atoms with Gasteiger partial charge >= 0.3 is 18.1 Å². The van der Waals surface area contributed by atoms with Crippen molar-refractivity contribution in [3.8, 4) is 11.8 Å². The molecule has 1 rings (SSSR count). The minimum atomic E-state index is -6.01. The molecule has 1 N–H and O–H groups in total. The molecule has 20 heavy (non-hydrogen) atoms. The molecule has 1 aromatic carbocycles. The second-order valence-electron chi connectivity index (χ2n) is 3.66. The van der Waals surface area contributed by atoms with Gasteiger partial charge in [0.1, 0.15) is 0 Å². The largest absolute Gasteiger partial charge is 0.472 e. The van der Waals surface area contributed by atoms with Crippen molar-refractivity contribution in [2.45, 2.75) is 18.3 Å². The van der Waals surface area contributed by atoms with Gasteiger partial charge in [-0.15, -0.1) is 0 Å². The normalized spacial score (nSPS) is 13.3. The van der Waals surface area contributed by atoms with E-state index in [0.717, 1.165) is 12.1 Å². The zero-order valence-corrected chi connectivity index (χ0v) is 9.51. The number of aliphatic carboxylic acids is 1. The Bertz CT molecular complexity index is 550. The number of carboxylic acid groups (broad SMARTS) is 1. The van der Waals surface area contributed by atoms with Crippen LogP contribution in [0.4, 0.5) is 26.3 Å². The van der Waals surface area contributed by atoms with Crippen LogP contribution < -0.4 is 0 Å². The molecular weight excluding hydrogens is 290 g/mol. The molecule has 0 radical (unpaired) electrons. The van der Waals surface area contributed by atoms with Gasteiger partial charge < -0.3 is 5.11 Å². The quantitative estimate of drug-likeness (QED) is 0.671. The number of alkyl halides is 6. The lowest BCUT2D eigenvalue weighted by Crippen LogP contribution is -2.40. The first-order valence-corrected chi connectivity index (χ1v) is 4.99. The van der Waals surface area contributed by atoms with Crippen LogP contribution in [0.25, 0.3) is 0 Å². The molecule has 8 heteroatoms. The molecule has 0 saturated carbocycles. The summed E-state index contributed by atoms with van der Waals surface area (Å²) < 4.78 is 74.7. The van der Waals surface area contributed by atoms with E-state index < -0.39 is 29.8 Å². The summed E-state index contributed by atoms with van der Waals surface area (Å²) in [6.07, 6.45) is -9.56. The Morgan fingerprint density at radius 1 is 1.10 bits per heavy atom. The summed E-state index contributed by atoms with van der Waals surface area (Å²) in [6, 6.07) is 3.28. The molecule has 1 unspecified atom stereocenters. The molecule has 1 aromatic rings. The van der Waals surface area contributed by atoms with Crippen molar-refractivity contribution in [2.75, 3.05) is 0 Å². The van der Waals surface area contributed by atoms with Crippen LogP contribution in [0, 0.1) is 11.8 Å². The number of rotatable bonds is 2. The third-order valence-electron chi connectivity index (χ3n) is 2.21. The zero-order chi connectivity index (χ0) is 15.6. The highest BCUT2D eigenvalue weighted by molar-refractivity contribution is 5.87. The van der Waals surface area contributed by atoms with E-state index in [-0.39, 0.29) is 5.56 Å². The number of benzene rings is 1. The van der Waals surface area contributed by atoms with Crippen LogP contribution in [0.15, 0.2) is 24.3 Å².